The number of carbonyl (C=O) groups is 2. The van der Waals surface area contributed by atoms with Crippen LogP contribution < -0.4 is 5.32 Å². The van der Waals surface area contributed by atoms with Gasteiger partial charge in [-0.05, 0) is 24.0 Å². The van der Waals surface area contributed by atoms with E-state index in [1.165, 1.54) is 6.92 Å². The number of aromatic nitrogens is 1. The summed E-state index contributed by atoms with van der Waals surface area (Å²) in [4.78, 5) is 23.8. The van der Waals surface area contributed by atoms with Gasteiger partial charge in [0, 0.05) is 6.54 Å². The molecule has 1 unspecified atom stereocenters. The summed E-state index contributed by atoms with van der Waals surface area (Å²) >= 11 is 12.4. The van der Waals surface area contributed by atoms with Crippen LogP contribution in [0.4, 0.5) is 0 Å². The maximum Gasteiger partial charge on any atom is 0.360 e. The number of halogens is 2. The molecule has 22 heavy (non-hydrogen) atoms. The number of hydrogen-bond acceptors (Lipinski definition) is 5. The molecule has 0 fully saturated rings. The summed E-state index contributed by atoms with van der Waals surface area (Å²) < 4.78 is 9.03. The molecule has 0 bridgehead atoms. The van der Waals surface area contributed by atoms with Crippen LogP contribution in [0.3, 0.4) is 0 Å². The Kier molecular flexibility index (Phi) is 5.76. The molecule has 0 aliphatic carbocycles. The van der Waals surface area contributed by atoms with Crippen molar-refractivity contribution in [3.8, 4) is 0 Å². The van der Waals surface area contributed by atoms with Gasteiger partial charge in [0.25, 0.3) is 5.91 Å². The Morgan fingerprint density at radius 1 is 1.32 bits per heavy atom. The lowest BCUT2D eigenvalue weighted by molar-refractivity contribution is -0.129. The van der Waals surface area contributed by atoms with E-state index in [9.17, 15) is 9.59 Å². The highest BCUT2D eigenvalue weighted by Crippen LogP contribution is 2.29. The summed E-state index contributed by atoms with van der Waals surface area (Å²) in [6.07, 6.45) is -0.965. The van der Waals surface area contributed by atoms with E-state index in [-0.39, 0.29) is 15.1 Å². The fourth-order valence-electron chi connectivity index (χ4n) is 1.58. The number of rotatable bonds is 5. The first kappa shape index (κ1) is 16.7. The highest BCUT2D eigenvalue weighted by atomic mass is 35.5. The van der Waals surface area contributed by atoms with Crippen molar-refractivity contribution in [3.63, 3.8) is 0 Å². The predicted molar refractivity (Wildman–Crippen MR) is 85.3 cm³/mol. The second-order valence-corrected chi connectivity index (χ2v) is 6.12. The first-order chi connectivity index (χ1) is 10.5. The lowest BCUT2D eigenvalue weighted by Gasteiger charge is -2.13. The van der Waals surface area contributed by atoms with Gasteiger partial charge < -0.3 is 10.1 Å². The molecule has 1 aromatic heterocycles. The van der Waals surface area contributed by atoms with Crippen molar-refractivity contribution in [2.45, 2.75) is 19.6 Å². The Bertz CT molecular complexity index is 676. The quantitative estimate of drug-likeness (QED) is 0.832. The minimum atomic E-state index is -0.965. The maximum absolute atomic E-state index is 11.9. The first-order valence-corrected chi connectivity index (χ1v) is 7.85. The molecule has 1 amide bonds. The van der Waals surface area contributed by atoms with Gasteiger partial charge in [-0.3, -0.25) is 4.79 Å². The molecule has 0 aliphatic heterocycles. The van der Waals surface area contributed by atoms with Crippen molar-refractivity contribution < 1.29 is 14.3 Å². The predicted octanol–water partition coefficient (Wildman–Crippen LogP) is 3.31. The number of ether oxygens (including phenoxy) is 1. The summed E-state index contributed by atoms with van der Waals surface area (Å²) in [6, 6.07) is 9.40. The zero-order valence-electron chi connectivity index (χ0n) is 11.5. The van der Waals surface area contributed by atoms with E-state index < -0.39 is 18.0 Å². The molecule has 2 rings (SSSR count). The summed E-state index contributed by atoms with van der Waals surface area (Å²) in [5.41, 5.74) is 0.864. The van der Waals surface area contributed by atoms with E-state index >= 15 is 0 Å². The summed E-state index contributed by atoms with van der Waals surface area (Å²) in [6.45, 7) is 1.82. The van der Waals surface area contributed by atoms with Gasteiger partial charge in [-0.15, -0.1) is 0 Å². The van der Waals surface area contributed by atoms with Gasteiger partial charge in [-0.1, -0.05) is 53.5 Å². The van der Waals surface area contributed by atoms with Gasteiger partial charge in [0.1, 0.15) is 9.36 Å². The third-order valence-electron chi connectivity index (χ3n) is 2.75. The van der Waals surface area contributed by atoms with E-state index in [0.717, 1.165) is 17.1 Å². The van der Waals surface area contributed by atoms with Crippen LogP contribution in [0.15, 0.2) is 30.3 Å². The maximum atomic E-state index is 11.9. The van der Waals surface area contributed by atoms with Crippen LogP contribution in [-0.2, 0) is 16.1 Å². The van der Waals surface area contributed by atoms with E-state index in [1.807, 2.05) is 30.3 Å². The third kappa shape index (κ3) is 4.19. The van der Waals surface area contributed by atoms with Crippen LogP contribution in [0.25, 0.3) is 0 Å². The number of hydrogen-bond donors (Lipinski definition) is 1. The van der Waals surface area contributed by atoms with Crippen molar-refractivity contribution in [1.29, 1.82) is 0 Å². The summed E-state index contributed by atoms with van der Waals surface area (Å²) in [5, 5.41) is 2.72. The van der Waals surface area contributed by atoms with E-state index in [4.69, 9.17) is 27.9 Å². The molecule has 1 aromatic carbocycles. The van der Waals surface area contributed by atoms with E-state index in [0.29, 0.717) is 6.54 Å². The van der Waals surface area contributed by atoms with Crippen LogP contribution in [0.2, 0.25) is 9.36 Å². The Labute approximate surface area is 141 Å². The van der Waals surface area contributed by atoms with Crippen LogP contribution in [-0.4, -0.2) is 22.4 Å². The van der Waals surface area contributed by atoms with Crippen LogP contribution in [0.5, 0.6) is 0 Å². The normalized spacial score (nSPS) is 11.8. The SMILES string of the molecule is CC(OC(=O)c1nsc(Cl)c1Cl)C(=O)NCc1ccccc1. The van der Waals surface area contributed by atoms with Gasteiger partial charge >= 0.3 is 5.97 Å². The Hall–Kier alpha value is -1.63. The number of carbonyl (C=O) groups excluding carboxylic acids is 2. The highest BCUT2D eigenvalue weighted by Gasteiger charge is 2.23. The molecule has 5 nitrogen and oxygen atoms in total. The van der Waals surface area contributed by atoms with Crippen molar-refractivity contribution in [3.05, 3.63) is 50.9 Å². The highest BCUT2D eigenvalue weighted by molar-refractivity contribution is 7.11. The first-order valence-electron chi connectivity index (χ1n) is 6.32. The molecular weight excluding hydrogens is 347 g/mol. The molecule has 1 heterocycles. The second kappa shape index (κ2) is 7.58. The lowest BCUT2D eigenvalue weighted by Crippen LogP contribution is -2.35. The average molecular weight is 359 g/mol. The van der Waals surface area contributed by atoms with Gasteiger partial charge in [0.15, 0.2) is 11.8 Å². The van der Waals surface area contributed by atoms with Crippen LogP contribution in [0, 0.1) is 0 Å². The number of nitrogens with zero attached hydrogens (tertiary/aromatic N) is 1. The molecular formula is C14H12Cl2N2O3S. The van der Waals surface area contributed by atoms with Gasteiger partial charge in [0.2, 0.25) is 0 Å². The fourth-order valence-corrected chi connectivity index (χ4v) is 2.56. The molecule has 0 saturated heterocycles. The van der Waals surface area contributed by atoms with Gasteiger partial charge in [0.05, 0.1) is 0 Å². The molecule has 0 saturated carbocycles. The molecule has 1 N–H and O–H groups in total. The van der Waals surface area contributed by atoms with Crippen molar-refractivity contribution in [1.82, 2.24) is 9.69 Å². The molecule has 1 atom stereocenters. The van der Waals surface area contributed by atoms with Crippen LogP contribution >= 0.6 is 34.7 Å². The molecule has 8 heteroatoms. The number of esters is 1. The van der Waals surface area contributed by atoms with Crippen molar-refractivity contribution >= 4 is 46.6 Å². The number of amides is 1. The van der Waals surface area contributed by atoms with E-state index in [2.05, 4.69) is 9.69 Å². The third-order valence-corrected chi connectivity index (χ3v) is 4.36. The van der Waals surface area contributed by atoms with Crippen molar-refractivity contribution in [2.75, 3.05) is 0 Å². The molecule has 116 valence electrons. The molecule has 0 spiro atoms. The lowest BCUT2D eigenvalue weighted by atomic mass is 10.2. The average Bonchev–Trinajstić information content (AvgIpc) is 2.85. The number of benzene rings is 1. The smallest absolute Gasteiger partial charge is 0.360 e. The fraction of sp³-hybridized carbons (Fsp3) is 0.214. The summed E-state index contributed by atoms with van der Waals surface area (Å²) in [5.74, 6) is -1.19. The second-order valence-electron chi connectivity index (χ2n) is 4.37. The van der Waals surface area contributed by atoms with E-state index in [1.54, 1.807) is 0 Å². The Balaban J connectivity index is 1.88. The Morgan fingerprint density at radius 2 is 2.00 bits per heavy atom. The zero-order chi connectivity index (χ0) is 16.1. The van der Waals surface area contributed by atoms with Gasteiger partial charge in [-0.25, -0.2) is 4.79 Å². The standard InChI is InChI=1S/C14H12Cl2N2O3S/c1-8(13(19)17-7-9-5-3-2-4-6-9)21-14(20)11-10(15)12(16)22-18-11/h2-6,8H,7H2,1H3,(H,17,19). The minimum absolute atomic E-state index is 0.0357. The Morgan fingerprint density at radius 3 is 2.59 bits per heavy atom. The zero-order valence-corrected chi connectivity index (χ0v) is 13.8. The van der Waals surface area contributed by atoms with Crippen LogP contribution in [0.1, 0.15) is 23.0 Å². The largest absolute Gasteiger partial charge is 0.448 e. The monoisotopic (exact) mass is 358 g/mol. The summed E-state index contributed by atoms with van der Waals surface area (Å²) in [7, 11) is 0. The topological polar surface area (TPSA) is 68.3 Å². The molecule has 2 aromatic rings. The molecule has 0 aliphatic rings. The number of nitrogens with one attached hydrogen (secondary N) is 1. The molecule has 0 radical (unpaired) electrons. The minimum Gasteiger partial charge on any atom is -0.448 e. The van der Waals surface area contributed by atoms with Crippen molar-refractivity contribution in [2.24, 2.45) is 0 Å². The van der Waals surface area contributed by atoms with Gasteiger partial charge in [-0.2, -0.15) is 4.37 Å².